The molecule has 0 aliphatic carbocycles. The van der Waals surface area contributed by atoms with E-state index in [2.05, 4.69) is 17.4 Å². The Morgan fingerprint density at radius 3 is 2.56 bits per heavy atom. The van der Waals surface area contributed by atoms with Gasteiger partial charge in [-0.05, 0) is 42.3 Å². The molecule has 0 amide bonds. The molecule has 0 radical (unpaired) electrons. The molecule has 1 aromatic heterocycles. The van der Waals surface area contributed by atoms with Gasteiger partial charge in [-0.3, -0.25) is 4.79 Å². The predicted octanol–water partition coefficient (Wildman–Crippen LogP) is 4.29. The van der Waals surface area contributed by atoms with Crippen LogP contribution in [0.4, 0.5) is 0 Å². The molecule has 4 rings (SSSR count). The summed E-state index contributed by atoms with van der Waals surface area (Å²) in [6, 6.07) is 21.4. The summed E-state index contributed by atoms with van der Waals surface area (Å²) < 4.78 is 11.4. The van der Waals surface area contributed by atoms with E-state index in [9.17, 15) is 4.79 Å². The van der Waals surface area contributed by atoms with E-state index in [1.54, 1.807) is 13.2 Å². The molecular weight excluding hydrogens is 338 g/mol. The molecule has 0 atom stereocenters. The Morgan fingerprint density at radius 2 is 1.74 bits per heavy atom. The largest absolute Gasteiger partial charge is 0.493 e. The maximum Gasteiger partial charge on any atom is 0.200 e. The minimum Gasteiger partial charge on any atom is -0.493 e. The van der Waals surface area contributed by atoms with Crippen molar-refractivity contribution >= 4 is 21.9 Å². The lowest BCUT2D eigenvalue weighted by Gasteiger charge is -2.11. The Labute approximate surface area is 157 Å². The standard InChI is InChI=1S/C23H21NO3/c1-26-20-12-11-17(13-14-24-15-16-7-3-2-4-8-16)21-22(25)18-9-5-6-10-19(18)27-23(20)21/h2-12,24H,13-15H2,1H3. The molecule has 0 saturated heterocycles. The maximum atomic E-state index is 13.1. The van der Waals surface area contributed by atoms with E-state index in [1.165, 1.54) is 5.56 Å². The molecule has 1 heterocycles. The molecule has 1 N–H and O–H groups in total. The first kappa shape index (κ1) is 17.3. The van der Waals surface area contributed by atoms with E-state index in [1.807, 2.05) is 48.5 Å². The third-order valence-corrected chi connectivity index (χ3v) is 4.74. The normalized spacial score (nSPS) is 11.1. The second-order valence-corrected chi connectivity index (χ2v) is 6.47. The van der Waals surface area contributed by atoms with Gasteiger partial charge >= 0.3 is 0 Å². The van der Waals surface area contributed by atoms with Crippen LogP contribution in [0.3, 0.4) is 0 Å². The first-order valence-electron chi connectivity index (χ1n) is 9.04. The second-order valence-electron chi connectivity index (χ2n) is 6.47. The molecule has 0 saturated carbocycles. The Bertz CT molecular complexity index is 1130. The van der Waals surface area contributed by atoms with E-state index in [0.29, 0.717) is 27.7 Å². The minimum atomic E-state index is -0.0104. The average molecular weight is 359 g/mol. The highest BCUT2D eigenvalue weighted by Crippen LogP contribution is 2.29. The monoisotopic (exact) mass is 359 g/mol. The first-order valence-corrected chi connectivity index (χ1v) is 9.04. The molecule has 136 valence electrons. The van der Waals surface area contributed by atoms with E-state index in [4.69, 9.17) is 9.15 Å². The van der Waals surface area contributed by atoms with Crippen LogP contribution in [0.5, 0.6) is 5.75 Å². The molecule has 4 heteroatoms. The molecule has 0 unspecified atom stereocenters. The van der Waals surface area contributed by atoms with Crippen LogP contribution >= 0.6 is 0 Å². The number of nitrogens with one attached hydrogen (secondary N) is 1. The zero-order chi connectivity index (χ0) is 18.6. The van der Waals surface area contributed by atoms with E-state index < -0.39 is 0 Å². The van der Waals surface area contributed by atoms with Crippen molar-refractivity contribution in [1.82, 2.24) is 5.32 Å². The van der Waals surface area contributed by atoms with Crippen LogP contribution in [0.1, 0.15) is 11.1 Å². The van der Waals surface area contributed by atoms with Crippen LogP contribution in [0.15, 0.2) is 75.9 Å². The van der Waals surface area contributed by atoms with E-state index in [0.717, 1.165) is 25.1 Å². The summed E-state index contributed by atoms with van der Waals surface area (Å²) >= 11 is 0. The van der Waals surface area contributed by atoms with Gasteiger partial charge in [0, 0.05) is 6.54 Å². The lowest BCUT2D eigenvalue weighted by Crippen LogP contribution is -2.17. The van der Waals surface area contributed by atoms with Crippen molar-refractivity contribution in [2.24, 2.45) is 0 Å². The number of rotatable bonds is 6. The average Bonchev–Trinajstić information content (AvgIpc) is 2.72. The number of ether oxygens (including phenoxy) is 1. The van der Waals surface area contributed by atoms with Gasteiger partial charge in [-0.1, -0.05) is 48.5 Å². The van der Waals surface area contributed by atoms with Gasteiger partial charge in [-0.15, -0.1) is 0 Å². The van der Waals surface area contributed by atoms with Gasteiger partial charge in [0.2, 0.25) is 5.43 Å². The van der Waals surface area contributed by atoms with Crippen molar-refractivity contribution in [3.63, 3.8) is 0 Å². The Morgan fingerprint density at radius 1 is 0.963 bits per heavy atom. The number of hydrogen-bond donors (Lipinski definition) is 1. The fourth-order valence-electron chi connectivity index (χ4n) is 3.36. The highest BCUT2D eigenvalue weighted by molar-refractivity contribution is 5.94. The van der Waals surface area contributed by atoms with Crippen LogP contribution < -0.4 is 15.5 Å². The van der Waals surface area contributed by atoms with Crippen LogP contribution in [0.2, 0.25) is 0 Å². The molecule has 4 aromatic rings. The van der Waals surface area contributed by atoms with Crippen molar-refractivity contribution in [3.8, 4) is 5.75 Å². The van der Waals surface area contributed by atoms with Crippen molar-refractivity contribution in [3.05, 3.63) is 88.1 Å². The van der Waals surface area contributed by atoms with Gasteiger partial charge in [0.15, 0.2) is 11.3 Å². The van der Waals surface area contributed by atoms with Gasteiger partial charge in [0.25, 0.3) is 0 Å². The summed E-state index contributed by atoms with van der Waals surface area (Å²) in [5, 5.41) is 4.64. The molecule has 3 aromatic carbocycles. The molecule has 4 nitrogen and oxygen atoms in total. The Balaban J connectivity index is 1.66. The lowest BCUT2D eigenvalue weighted by molar-refractivity contribution is 0.411. The quantitative estimate of drug-likeness (QED) is 0.412. The van der Waals surface area contributed by atoms with E-state index >= 15 is 0 Å². The molecule has 0 aliphatic rings. The number of hydrogen-bond acceptors (Lipinski definition) is 4. The van der Waals surface area contributed by atoms with Gasteiger partial charge in [-0.2, -0.15) is 0 Å². The van der Waals surface area contributed by atoms with Gasteiger partial charge < -0.3 is 14.5 Å². The van der Waals surface area contributed by atoms with Gasteiger partial charge in [0.1, 0.15) is 5.58 Å². The molecule has 0 spiro atoms. The van der Waals surface area contributed by atoms with Gasteiger partial charge in [0.05, 0.1) is 17.9 Å². The van der Waals surface area contributed by atoms with Crippen LogP contribution in [-0.4, -0.2) is 13.7 Å². The van der Waals surface area contributed by atoms with Crippen molar-refractivity contribution in [1.29, 1.82) is 0 Å². The third kappa shape index (κ3) is 3.44. The molecule has 0 aliphatic heterocycles. The molecule has 0 bridgehead atoms. The third-order valence-electron chi connectivity index (χ3n) is 4.74. The van der Waals surface area contributed by atoms with Crippen molar-refractivity contribution in [2.45, 2.75) is 13.0 Å². The zero-order valence-electron chi connectivity index (χ0n) is 15.2. The summed E-state index contributed by atoms with van der Waals surface area (Å²) in [6.07, 6.45) is 0.733. The summed E-state index contributed by atoms with van der Waals surface area (Å²) in [5.74, 6) is 0.578. The maximum absolute atomic E-state index is 13.1. The second kappa shape index (κ2) is 7.64. The smallest absolute Gasteiger partial charge is 0.200 e. The number of methoxy groups -OCH3 is 1. The van der Waals surface area contributed by atoms with Crippen molar-refractivity contribution in [2.75, 3.05) is 13.7 Å². The highest BCUT2D eigenvalue weighted by atomic mass is 16.5. The zero-order valence-corrected chi connectivity index (χ0v) is 15.2. The predicted molar refractivity (Wildman–Crippen MR) is 108 cm³/mol. The number of fused-ring (bicyclic) bond motifs is 2. The first-order chi connectivity index (χ1) is 13.3. The minimum absolute atomic E-state index is 0.0104. The topological polar surface area (TPSA) is 51.5 Å². The van der Waals surface area contributed by atoms with Crippen molar-refractivity contribution < 1.29 is 9.15 Å². The number of benzene rings is 3. The van der Waals surface area contributed by atoms with Crippen LogP contribution in [0.25, 0.3) is 21.9 Å². The highest BCUT2D eigenvalue weighted by Gasteiger charge is 2.15. The van der Waals surface area contributed by atoms with Crippen LogP contribution in [-0.2, 0) is 13.0 Å². The fraction of sp³-hybridized carbons (Fsp3) is 0.174. The molecule has 0 fully saturated rings. The molecule has 27 heavy (non-hydrogen) atoms. The Hall–Kier alpha value is -3.11. The summed E-state index contributed by atoms with van der Waals surface area (Å²) in [7, 11) is 1.59. The lowest BCUT2D eigenvalue weighted by atomic mass is 10.0. The number of para-hydroxylation sites is 1. The summed E-state index contributed by atoms with van der Waals surface area (Å²) in [4.78, 5) is 13.1. The van der Waals surface area contributed by atoms with Gasteiger partial charge in [-0.25, -0.2) is 0 Å². The van der Waals surface area contributed by atoms with Crippen LogP contribution in [0, 0.1) is 0 Å². The Kier molecular flexibility index (Phi) is 4.90. The summed E-state index contributed by atoms with van der Waals surface area (Å²) in [5.41, 5.74) is 3.28. The SMILES string of the molecule is COc1ccc(CCNCc2ccccc2)c2c(=O)c3ccccc3oc12. The molecular formula is C23H21NO3. The fourth-order valence-corrected chi connectivity index (χ4v) is 3.36. The summed E-state index contributed by atoms with van der Waals surface area (Å²) in [6.45, 7) is 1.56. The van der Waals surface area contributed by atoms with E-state index in [-0.39, 0.29) is 5.43 Å².